The summed E-state index contributed by atoms with van der Waals surface area (Å²) >= 11 is 5.57. The predicted molar refractivity (Wildman–Crippen MR) is 113 cm³/mol. The van der Waals surface area contributed by atoms with E-state index in [0.29, 0.717) is 13.0 Å². The fraction of sp³-hybridized carbons (Fsp3) is 0.409. The number of aromatic hydroxyl groups is 2. The average molecular weight is 385 g/mol. The Labute approximate surface area is 166 Å². The molecule has 144 valence electrons. The number of thiocarbonyl (C=S) groups is 1. The van der Waals surface area contributed by atoms with E-state index in [1.54, 1.807) is 0 Å². The Bertz CT molecular complexity index is 843. The van der Waals surface area contributed by atoms with Crippen molar-refractivity contribution >= 4 is 17.3 Å². The van der Waals surface area contributed by atoms with Gasteiger partial charge in [-0.05, 0) is 53.2 Å². The van der Waals surface area contributed by atoms with Crippen LogP contribution in [0.4, 0.5) is 0 Å². The molecule has 0 aromatic heterocycles. The number of hydrogen-bond donors (Lipinski definition) is 3. The highest BCUT2D eigenvalue weighted by atomic mass is 32.1. The predicted octanol–water partition coefficient (Wildman–Crippen LogP) is 3.87. The molecule has 0 unspecified atom stereocenters. The monoisotopic (exact) mass is 384 g/mol. The molecule has 1 aliphatic heterocycles. The third-order valence-corrected chi connectivity index (χ3v) is 5.52. The lowest BCUT2D eigenvalue weighted by Crippen LogP contribution is -2.43. The summed E-state index contributed by atoms with van der Waals surface area (Å²) in [6.07, 6.45) is 1.59. The van der Waals surface area contributed by atoms with Crippen molar-refractivity contribution in [3.63, 3.8) is 0 Å². The fourth-order valence-corrected chi connectivity index (χ4v) is 3.67. The molecular weight excluding hydrogens is 356 g/mol. The summed E-state index contributed by atoms with van der Waals surface area (Å²) in [4.78, 5) is 2.11. The molecule has 2 aromatic rings. The topological polar surface area (TPSA) is 55.7 Å². The van der Waals surface area contributed by atoms with Gasteiger partial charge in [-0.1, -0.05) is 51.1 Å². The Kier molecular flexibility index (Phi) is 5.61. The van der Waals surface area contributed by atoms with Gasteiger partial charge in [0.15, 0.2) is 16.6 Å². The lowest BCUT2D eigenvalue weighted by molar-refractivity contribution is 0.363. The maximum Gasteiger partial charge on any atom is 0.169 e. The van der Waals surface area contributed by atoms with Crippen LogP contribution >= 0.6 is 12.2 Å². The molecule has 0 amide bonds. The normalized spacial score (nSPS) is 14.0. The van der Waals surface area contributed by atoms with E-state index in [9.17, 15) is 10.2 Å². The van der Waals surface area contributed by atoms with Crippen LogP contribution in [-0.4, -0.2) is 33.3 Å². The van der Waals surface area contributed by atoms with Gasteiger partial charge in [-0.3, -0.25) is 0 Å². The molecule has 0 fully saturated rings. The Morgan fingerprint density at radius 3 is 2.70 bits per heavy atom. The fourth-order valence-electron chi connectivity index (χ4n) is 3.42. The summed E-state index contributed by atoms with van der Waals surface area (Å²) in [6.45, 7) is 8.85. The molecule has 2 aromatic carbocycles. The first-order valence-corrected chi connectivity index (χ1v) is 9.81. The van der Waals surface area contributed by atoms with Crippen LogP contribution in [0.25, 0.3) is 0 Å². The number of benzene rings is 2. The number of nitrogens with zero attached hydrogens (tertiary/aromatic N) is 1. The molecular formula is C22H28N2O2S. The highest BCUT2D eigenvalue weighted by Crippen LogP contribution is 2.34. The summed E-state index contributed by atoms with van der Waals surface area (Å²) < 4.78 is 0. The zero-order valence-corrected chi connectivity index (χ0v) is 17.1. The average Bonchev–Trinajstić information content (AvgIpc) is 2.64. The van der Waals surface area contributed by atoms with Gasteiger partial charge in [-0.15, -0.1) is 0 Å². The minimum Gasteiger partial charge on any atom is -0.504 e. The number of phenolic OH excluding ortho intramolecular Hbond substituents is 2. The number of phenols is 2. The molecule has 0 bridgehead atoms. The maximum absolute atomic E-state index is 10.00. The first-order valence-electron chi connectivity index (χ1n) is 9.40. The number of nitrogens with one attached hydrogen (secondary N) is 1. The van der Waals surface area contributed by atoms with Gasteiger partial charge < -0.3 is 20.4 Å². The molecule has 0 spiro atoms. The third kappa shape index (κ3) is 4.53. The lowest BCUT2D eigenvalue weighted by Gasteiger charge is -2.31. The van der Waals surface area contributed by atoms with Crippen molar-refractivity contribution in [2.75, 3.05) is 13.1 Å². The minimum atomic E-state index is -0.0552. The molecule has 0 saturated heterocycles. The van der Waals surface area contributed by atoms with E-state index in [1.807, 2.05) is 6.07 Å². The molecule has 0 atom stereocenters. The quantitative estimate of drug-likeness (QED) is 0.554. The van der Waals surface area contributed by atoms with Gasteiger partial charge in [-0.25, -0.2) is 0 Å². The SMILES string of the molecule is CC(C)(C)c1cccc(CCNC(=S)N2CCc3c(ccc(O)c3O)C2)c1. The second-order valence-corrected chi connectivity index (χ2v) is 8.56. The standard InChI is InChI=1S/C22H28N2O2S/c1-22(2,3)17-6-4-5-15(13-17)9-11-23-21(27)24-12-10-18-16(14-24)7-8-19(25)20(18)26/h4-8,13,25-26H,9-12,14H2,1-3H3,(H,23,27). The highest BCUT2D eigenvalue weighted by Gasteiger charge is 2.22. The van der Waals surface area contributed by atoms with E-state index in [0.717, 1.165) is 35.7 Å². The van der Waals surface area contributed by atoms with E-state index in [-0.39, 0.29) is 16.9 Å². The first-order chi connectivity index (χ1) is 12.8. The molecule has 0 radical (unpaired) electrons. The van der Waals surface area contributed by atoms with Crippen molar-refractivity contribution in [1.29, 1.82) is 0 Å². The number of hydrogen-bond acceptors (Lipinski definition) is 3. The van der Waals surface area contributed by atoms with Crippen LogP contribution in [0, 0.1) is 0 Å². The van der Waals surface area contributed by atoms with Crippen LogP contribution in [0.5, 0.6) is 11.5 Å². The van der Waals surface area contributed by atoms with Gasteiger partial charge in [0, 0.05) is 25.2 Å². The van der Waals surface area contributed by atoms with E-state index >= 15 is 0 Å². The molecule has 4 nitrogen and oxygen atoms in total. The highest BCUT2D eigenvalue weighted by molar-refractivity contribution is 7.80. The van der Waals surface area contributed by atoms with Crippen LogP contribution in [0.3, 0.4) is 0 Å². The van der Waals surface area contributed by atoms with Gasteiger partial charge in [-0.2, -0.15) is 0 Å². The van der Waals surface area contributed by atoms with Crippen LogP contribution in [0.15, 0.2) is 36.4 Å². The molecule has 3 rings (SSSR count). The summed E-state index contributed by atoms with van der Waals surface area (Å²) in [5.74, 6) is -0.0508. The van der Waals surface area contributed by atoms with Crippen LogP contribution in [-0.2, 0) is 24.8 Å². The lowest BCUT2D eigenvalue weighted by atomic mass is 9.86. The number of rotatable bonds is 3. The van der Waals surface area contributed by atoms with Crippen molar-refractivity contribution in [2.45, 2.75) is 45.6 Å². The maximum atomic E-state index is 10.00. The van der Waals surface area contributed by atoms with Crippen LogP contribution in [0.1, 0.15) is 43.0 Å². The second-order valence-electron chi connectivity index (χ2n) is 8.17. The second kappa shape index (κ2) is 7.77. The Hall–Kier alpha value is -2.27. The first kappa shape index (κ1) is 19.5. The van der Waals surface area contributed by atoms with Crippen LogP contribution in [0.2, 0.25) is 0 Å². The van der Waals surface area contributed by atoms with Gasteiger partial charge in [0.1, 0.15) is 0 Å². The zero-order chi connectivity index (χ0) is 19.6. The Morgan fingerprint density at radius 2 is 1.96 bits per heavy atom. The van der Waals surface area contributed by atoms with E-state index in [1.165, 1.54) is 17.2 Å². The molecule has 0 aliphatic carbocycles. The summed E-state index contributed by atoms with van der Waals surface area (Å²) in [5.41, 5.74) is 4.65. The molecule has 0 saturated carbocycles. The van der Waals surface area contributed by atoms with Crippen LogP contribution < -0.4 is 5.32 Å². The van der Waals surface area contributed by atoms with Crippen molar-refractivity contribution in [1.82, 2.24) is 10.2 Å². The van der Waals surface area contributed by atoms with Crippen molar-refractivity contribution < 1.29 is 10.2 Å². The van der Waals surface area contributed by atoms with Crippen molar-refractivity contribution in [3.8, 4) is 11.5 Å². The van der Waals surface area contributed by atoms with E-state index in [4.69, 9.17) is 12.2 Å². The van der Waals surface area contributed by atoms with Gasteiger partial charge in [0.05, 0.1) is 0 Å². The minimum absolute atomic E-state index is 0.00441. The molecule has 27 heavy (non-hydrogen) atoms. The smallest absolute Gasteiger partial charge is 0.169 e. The summed E-state index contributed by atoms with van der Waals surface area (Å²) in [7, 11) is 0. The molecule has 5 heteroatoms. The van der Waals surface area contributed by atoms with Gasteiger partial charge in [0.25, 0.3) is 0 Å². The summed E-state index contributed by atoms with van der Waals surface area (Å²) in [5, 5.41) is 23.7. The summed E-state index contributed by atoms with van der Waals surface area (Å²) in [6, 6.07) is 12.1. The zero-order valence-electron chi connectivity index (χ0n) is 16.2. The Morgan fingerprint density at radius 1 is 1.19 bits per heavy atom. The van der Waals surface area contributed by atoms with Crippen molar-refractivity contribution in [2.24, 2.45) is 0 Å². The third-order valence-electron chi connectivity index (χ3n) is 5.12. The van der Waals surface area contributed by atoms with Gasteiger partial charge >= 0.3 is 0 Å². The van der Waals surface area contributed by atoms with Crippen molar-refractivity contribution in [3.05, 3.63) is 58.7 Å². The largest absolute Gasteiger partial charge is 0.504 e. The Balaban J connectivity index is 1.55. The molecule has 1 aliphatic rings. The molecule has 3 N–H and O–H groups in total. The number of fused-ring (bicyclic) bond motifs is 1. The van der Waals surface area contributed by atoms with E-state index < -0.39 is 0 Å². The van der Waals surface area contributed by atoms with Gasteiger partial charge in [0.2, 0.25) is 0 Å². The molecule has 1 heterocycles. The van der Waals surface area contributed by atoms with E-state index in [2.05, 4.69) is 55.3 Å².